The third kappa shape index (κ3) is 5.41. The summed E-state index contributed by atoms with van der Waals surface area (Å²) in [5, 5.41) is 0.860. The Hall–Kier alpha value is -2.35. The number of halogens is 1. The SMILES string of the molecule is Cc1nc(SCC(=O)N(CCC(N)=O)c2ccc(F)cc2)n(C2CCCCC2)c1C. The molecule has 0 spiro atoms. The second-order valence-electron chi connectivity index (χ2n) is 7.75. The monoisotopic (exact) mass is 432 g/mol. The van der Waals surface area contributed by atoms with E-state index in [0.717, 1.165) is 29.4 Å². The van der Waals surface area contributed by atoms with Gasteiger partial charge in [-0.2, -0.15) is 0 Å². The standard InChI is InChI=1S/C22H29FN4O2S/c1-15-16(2)27(19-6-4-3-5-7-19)22(25-15)30-14-21(29)26(13-12-20(24)28)18-10-8-17(23)9-11-18/h8-11,19H,3-7,12-14H2,1-2H3,(H2,24,28). The molecule has 1 aromatic heterocycles. The second-order valence-corrected chi connectivity index (χ2v) is 8.70. The molecule has 2 aromatic rings. The summed E-state index contributed by atoms with van der Waals surface area (Å²) in [5.74, 6) is -0.849. The number of amides is 2. The van der Waals surface area contributed by atoms with Crippen molar-refractivity contribution in [3.63, 3.8) is 0 Å². The van der Waals surface area contributed by atoms with Crippen LogP contribution in [0.2, 0.25) is 0 Å². The molecule has 1 aromatic carbocycles. The summed E-state index contributed by atoms with van der Waals surface area (Å²) in [6, 6.07) is 6.11. The molecule has 1 aliphatic carbocycles. The second kappa shape index (κ2) is 10.1. The molecule has 6 nitrogen and oxygen atoms in total. The van der Waals surface area contributed by atoms with Crippen LogP contribution in [0.4, 0.5) is 10.1 Å². The number of benzene rings is 1. The number of carbonyl (C=O) groups is 2. The fourth-order valence-corrected chi connectivity index (χ4v) is 4.95. The number of nitrogens with zero attached hydrogens (tertiary/aromatic N) is 3. The van der Waals surface area contributed by atoms with Crippen molar-refractivity contribution in [1.82, 2.24) is 9.55 Å². The van der Waals surface area contributed by atoms with Gasteiger partial charge in [0, 0.05) is 30.4 Å². The van der Waals surface area contributed by atoms with E-state index >= 15 is 0 Å². The predicted octanol–water partition coefficient (Wildman–Crippen LogP) is 4.14. The van der Waals surface area contributed by atoms with Crippen molar-refractivity contribution in [2.45, 2.75) is 63.6 Å². The average molecular weight is 433 g/mol. The number of hydrogen-bond donors (Lipinski definition) is 1. The maximum Gasteiger partial charge on any atom is 0.237 e. The van der Waals surface area contributed by atoms with Gasteiger partial charge in [-0.3, -0.25) is 9.59 Å². The van der Waals surface area contributed by atoms with E-state index in [1.807, 2.05) is 6.92 Å². The van der Waals surface area contributed by atoms with Gasteiger partial charge in [0.2, 0.25) is 11.8 Å². The Kier molecular flexibility index (Phi) is 7.53. The number of primary amides is 1. The van der Waals surface area contributed by atoms with E-state index in [9.17, 15) is 14.0 Å². The number of aromatic nitrogens is 2. The molecule has 0 aliphatic heterocycles. The number of rotatable bonds is 8. The first-order valence-electron chi connectivity index (χ1n) is 10.4. The molecule has 1 fully saturated rings. The summed E-state index contributed by atoms with van der Waals surface area (Å²) in [6.07, 6.45) is 6.03. The Morgan fingerprint density at radius 3 is 2.50 bits per heavy atom. The lowest BCUT2D eigenvalue weighted by Crippen LogP contribution is -2.35. The van der Waals surface area contributed by atoms with Gasteiger partial charge >= 0.3 is 0 Å². The molecule has 8 heteroatoms. The minimum absolute atomic E-state index is 0.0443. The molecule has 0 radical (unpaired) electrons. The normalized spacial score (nSPS) is 14.6. The van der Waals surface area contributed by atoms with Crippen LogP contribution >= 0.6 is 11.8 Å². The molecule has 1 aliphatic rings. The topological polar surface area (TPSA) is 81.2 Å². The van der Waals surface area contributed by atoms with Crippen molar-refractivity contribution in [3.8, 4) is 0 Å². The fraction of sp³-hybridized carbons (Fsp3) is 0.500. The Morgan fingerprint density at radius 2 is 1.87 bits per heavy atom. The van der Waals surface area contributed by atoms with E-state index in [2.05, 4.69) is 11.5 Å². The van der Waals surface area contributed by atoms with E-state index in [0.29, 0.717) is 11.7 Å². The molecular formula is C22H29FN4O2S. The summed E-state index contributed by atoms with van der Waals surface area (Å²) in [6.45, 7) is 4.24. The van der Waals surface area contributed by atoms with Crippen molar-refractivity contribution in [2.24, 2.45) is 5.73 Å². The maximum atomic E-state index is 13.3. The molecule has 0 bridgehead atoms. The number of thioether (sulfide) groups is 1. The summed E-state index contributed by atoms with van der Waals surface area (Å²) >= 11 is 1.41. The summed E-state index contributed by atoms with van der Waals surface area (Å²) in [4.78, 5) is 30.5. The van der Waals surface area contributed by atoms with Crippen molar-refractivity contribution < 1.29 is 14.0 Å². The lowest BCUT2D eigenvalue weighted by molar-refractivity contribution is -0.118. The molecule has 1 saturated carbocycles. The zero-order chi connectivity index (χ0) is 21.7. The van der Waals surface area contributed by atoms with E-state index in [1.54, 1.807) is 0 Å². The van der Waals surface area contributed by atoms with Crippen LogP contribution in [0.1, 0.15) is 56.0 Å². The molecule has 0 saturated heterocycles. The van der Waals surface area contributed by atoms with E-state index in [4.69, 9.17) is 10.7 Å². The van der Waals surface area contributed by atoms with Gasteiger partial charge in [-0.1, -0.05) is 31.0 Å². The van der Waals surface area contributed by atoms with Crippen molar-refractivity contribution in [1.29, 1.82) is 0 Å². The first-order valence-corrected chi connectivity index (χ1v) is 11.4. The Morgan fingerprint density at radius 1 is 1.20 bits per heavy atom. The number of anilines is 1. The van der Waals surface area contributed by atoms with Crippen LogP contribution in [0.25, 0.3) is 0 Å². The van der Waals surface area contributed by atoms with Crippen LogP contribution in [0, 0.1) is 19.7 Å². The van der Waals surface area contributed by atoms with Crippen molar-refractivity contribution in [3.05, 3.63) is 41.5 Å². The largest absolute Gasteiger partial charge is 0.370 e. The zero-order valence-electron chi connectivity index (χ0n) is 17.6. The van der Waals surface area contributed by atoms with Gasteiger partial charge < -0.3 is 15.2 Å². The number of imidazole rings is 1. The van der Waals surface area contributed by atoms with E-state index in [1.165, 1.54) is 60.2 Å². The van der Waals surface area contributed by atoms with Gasteiger partial charge in [0.05, 0.1) is 11.4 Å². The average Bonchev–Trinajstić information content (AvgIpc) is 3.02. The first kappa shape index (κ1) is 22.3. The van der Waals surface area contributed by atoms with Crippen LogP contribution in [0.15, 0.2) is 29.4 Å². The molecule has 2 amide bonds. The minimum Gasteiger partial charge on any atom is -0.370 e. The van der Waals surface area contributed by atoms with Crippen LogP contribution < -0.4 is 10.6 Å². The number of aryl methyl sites for hydroxylation is 1. The van der Waals surface area contributed by atoms with Gasteiger partial charge in [-0.05, 0) is 51.0 Å². The van der Waals surface area contributed by atoms with Crippen LogP contribution in [-0.4, -0.2) is 33.7 Å². The van der Waals surface area contributed by atoms with Gasteiger partial charge in [0.1, 0.15) is 5.82 Å². The third-order valence-corrected chi connectivity index (χ3v) is 6.58. The molecule has 1 heterocycles. The highest BCUT2D eigenvalue weighted by Gasteiger charge is 2.24. The Bertz CT molecular complexity index is 891. The number of hydrogen-bond acceptors (Lipinski definition) is 4. The van der Waals surface area contributed by atoms with Gasteiger partial charge in [0.25, 0.3) is 0 Å². The molecule has 0 atom stereocenters. The van der Waals surface area contributed by atoms with E-state index in [-0.39, 0.29) is 30.4 Å². The number of nitrogens with two attached hydrogens (primary N) is 1. The Balaban J connectivity index is 1.75. The molecule has 162 valence electrons. The van der Waals surface area contributed by atoms with Gasteiger partial charge in [-0.25, -0.2) is 9.37 Å². The van der Waals surface area contributed by atoms with Gasteiger partial charge in [0.15, 0.2) is 5.16 Å². The minimum atomic E-state index is -0.485. The first-order chi connectivity index (χ1) is 14.4. The summed E-state index contributed by atoms with van der Waals surface area (Å²) in [7, 11) is 0. The molecule has 3 rings (SSSR count). The highest BCUT2D eigenvalue weighted by atomic mass is 32.2. The maximum absolute atomic E-state index is 13.3. The third-order valence-electron chi connectivity index (χ3n) is 5.64. The number of carbonyl (C=O) groups excluding carboxylic acids is 2. The molecule has 30 heavy (non-hydrogen) atoms. The highest BCUT2D eigenvalue weighted by Crippen LogP contribution is 2.34. The lowest BCUT2D eigenvalue weighted by atomic mass is 9.95. The van der Waals surface area contributed by atoms with Crippen molar-refractivity contribution in [2.75, 3.05) is 17.2 Å². The van der Waals surface area contributed by atoms with E-state index < -0.39 is 5.91 Å². The smallest absolute Gasteiger partial charge is 0.237 e. The quantitative estimate of drug-likeness (QED) is 0.636. The Labute approximate surface area is 181 Å². The summed E-state index contributed by atoms with van der Waals surface area (Å²) < 4.78 is 15.6. The zero-order valence-corrected chi connectivity index (χ0v) is 18.4. The lowest BCUT2D eigenvalue weighted by Gasteiger charge is -2.26. The molecule has 0 unspecified atom stereocenters. The van der Waals surface area contributed by atoms with Crippen LogP contribution in [0.3, 0.4) is 0 Å². The highest BCUT2D eigenvalue weighted by molar-refractivity contribution is 7.99. The fourth-order valence-electron chi connectivity index (χ4n) is 3.91. The predicted molar refractivity (Wildman–Crippen MR) is 117 cm³/mol. The van der Waals surface area contributed by atoms with Crippen LogP contribution in [0.5, 0.6) is 0 Å². The summed E-state index contributed by atoms with van der Waals surface area (Å²) in [5.41, 5.74) is 7.96. The molecule has 2 N–H and O–H groups in total. The van der Waals surface area contributed by atoms with Crippen molar-refractivity contribution >= 4 is 29.3 Å². The van der Waals surface area contributed by atoms with Gasteiger partial charge in [-0.15, -0.1) is 0 Å². The molecular weight excluding hydrogens is 403 g/mol. The van der Waals surface area contributed by atoms with Crippen LogP contribution in [-0.2, 0) is 9.59 Å².